The van der Waals surface area contributed by atoms with E-state index in [-0.39, 0.29) is 0 Å². The average molecular weight is 493 g/mol. The Kier molecular flexibility index (Phi) is 5.92. The van der Waals surface area contributed by atoms with E-state index in [4.69, 9.17) is 23.2 Å². The average Bonchev–Trinajstić information content (AvgIpc) is 3.28. The Labute approximate surface area is 208 Å². The van der Waals surface area contributed by atoms with Gasteiger partial charge in [0.2, 0.25) is 5.52 Å². The highest BCUT2D eigenvalue weighted by Gasteiger charge is 2.28. The van der Waals surface area contributed by atoms with Crippen LogP contribution >= 0.6 is 34.5 Å². The van der Waals surface area contributed by atoms with Crippen LogP contribution in [0.15, 0.2) is 78.6 Å². The number of hydrogen-bond donors (Lipinski definition) is 0. The Bertz CT molecular complexity index is 1410. The maximum atomic E-state index is 6.29. The molecule has 0 atom stereocenters. The van der Waals surface area contributed by atoms with E-state index in [0.29, 0.717) is 10.0 Å². The topological polar surface area (TPSA) is 10.4 Å². The molecule has 5 rings (SSSR count). The lowest BCUT2D eigenvalue weighted by molar-refractivity contribution is -0.642. The molecule has 0 fully saturated rings. The molecule has 0 saturated heterocycles. The minimum atomic E-state index is 0.572. The zero-order valence-corrected chi connectivity index (χ0v) is 21.0. The van der Waals surface area contributed by atoms with E-state index >= 15 is 0 Å². The van der Waals surface area contributed by atoms with Gasteiger partial charge in [-0.3, -0.25) is 0 Å². The van der Waals surface area contributed by atoms with Gasteiger partial charge in [0.15, 0.2) is 0 Å². The Balaban J connectivity index is 1.47. The van der Waals surface area contributed by atoms with Gasteiger partial charge in [0.05, 0.1) is 21.4 Å². The van der Waals surface area contributed by atoms with Gasteiger partial charge < -0.3 is 9.80 Å². The van der Waals surface area contributed by atoms with Crippen LogP contribution in [-0.4, -0.2) is 13.6 Å². The van der Waals surface area contributed by atoms with Crippen LogP contribution in [0.3, 0.4) is 0 Å². The third-order valence-electron chi connectivity index (χ3n) is 6.06. The highest BCUT2D eigenvalue weighted by Crippen LogP contribution is 2.44. The van der Waals surface area contributed by atoms with Gasteiger partial charge in [0.25, 0.3) is 5.01 Å². The van der Waals surface area contributed by atoms with Crippen molar-refractivity contribution in [1.82, 2.24) is 0 Å². The van der Waals surface area contributed by atoms with Crippen molar-refractivity contribution >= 4 is 62.2 Å². The molecule has 33 heavy (non-hydrogen) atoms. The lowest BCUT2D eigenvalue weighted by Gasteiger charge is -2.20. The lowest BCUT2D eigenvalue weighted by Crippen LogP contribution is -2.28. The molecule has 2 heterocycles. The third-order valence-corrected chi connectivity index (χ3v) is 7.97. The molecule has 0 N–H and O–H groups in total. The summed E-state index contributed by atoms with van der Waals surface area (Å²) in [6.07, 6.45) is 6.43. The van der Waals surface area contributed by atoms with E-state index in [2.05, 4.69) is 96.1 Å². The normalized spacial score (nSPS) is 14.8. The van der Waals surface area contributed by atoms with Gasteiger partial charge in [-0.1, -0.05) is 77.0 Å². The van der Waals surface area contributed by atoms with Gasteiger partial charge in [0, 0.05) is 25.7 Å². The van der Waals surface area contributed by atoms with Crippen molar-refractivity contribution in [3.05, 3.63) is 93.7 Å². The number of rotatable bonds is 4. The van der Waals surface area contributed by atoms with Gasteiger partial charge in [-0.15, -0.1) is 0 Å². The molecule has 6 heteroatoms. The molecule has 0 spiro atoms. The molecule has 3 aromatic carbocycles. The molecule has 1 aliphatic rings. The van der Waals surface area contributed by atoms with Crippen LogP contribution in [-0.2, 0) is 7.05 Å². The second kappa shape index (κ2) is 8.86. The number of thiazole rings is 1. The monoisotopic (exact) mass is 492 g/mol. The third kappa shape index (κ3) is 3.93. The number of halogens is 2. The molecule has 0 bridgehead atoms. The molecular weight excluding hydrogens is 469 g/mol. The molecular formula is C27H24Cl2N3S+. The Morgan fingerprint density at radius 2 is 1.67 bits per heavy atom. The molecule has 0 radical (unpaired) electrons. The van der Waals surface area contributed by atoms with Crippen LogP contribution in [0.5, 0.6) is 0 Å². The SMILES string of the molecule is CCN1C(=CC=Cc2sc3ccc(-c4ccccc4)cc3[n+]2C)N(C)c2cc(Cl)c(Cl)cc21. The smallest absolute Gasteiger partial charge is 0.262 e. The van der Waals surface area contributed by atoms with E-state index < -0.39 is 0 Å². The number of hydrogen-bond acceptors (Lipinski definition) is 3. The number of fused-ring (bicyclic) bond motifs is 2. The predicted molar refractivity (Wildman–Crippen MR) is 143 cm³/mol. The summed E-state index contributed by atoms with van der Waals surface area (Å²) in [4.78, 5) is 4.40. The van der Waals surface area contributed by atoms with Gasteiger partial charge in [-0.2, -0.15) is 4.57 Å². The first-order chi connectivity index (χ1) is 16.0. The Hall–Kier alpha value is -2.79. The van der Waals surface area contributed by atoms with Crippen molar-refractivity contribution in [2.45, 2.75) is 6.92 Å². The maximum Gasteiger partial charge on any atom is 0.262 e. The Morgan fingerprint density at radius 1 is 0.939 bits per heavy atom. The highest BCUT2D eigenvalue weighted by molar-refractivity contribution is 7.18. The molecule has 0 amide bonds. The van der Waals surface area contributed by atoms with Crippen molar-refractivity contribution in [1.29, 1.82) is 0 Å². The summed E-state index contributed by atoms with van der Waals surface area (Å²) in [5.41, 5.74) is 5.84. The number of benzene rings is 3. The summed E-state index contributed by atoms with van der Waals surface area (Å²) in [5.74, 6) is 1.09. The summed E-state index contributed by atoms with van der Waals surface area (Å²) in [7, 11) is 4.18. The van der Waals surface area contributed by atoms with Gasteiger partial charge in [0.1, 0.15) is 17.6 Å². The van der Waals surface area contributed by atoms with Crippen molar-refractivity contribution < 1.29 is 4.57 Å². The van der Waals surface area contributed by atoms with Crippen molar-refractivity contribution in [2.75, 3.05) is 23.4 Å². The predicted octanol–water partition coefficient (Wildman–Crippen LogP) is 7.53. The molecule has 1 aliphatic heterocycles. The van der Waals surface area contributed by atoms with Crippen LogP contribution in [0.25, 0.3) is 27.4 Å². The fraction of sp³-hybridized carbons (Fsp3) is 0.148. The van der Waals surface area contributed by atoms with Crippen LogP contribution in [0.2, 0.25) is 10.0 Å². The highest BCUT2D eigenvalue weighted by atomic mass is 35.5. The summed E-state index contributed by atoms with van der Waals surface area (Å²) >= 11 is 14.4. The van der Waals surface area contributed by atoms with E-state index in [1.165, 1.54) is 26.4 Å². The molecule has 4 aromatic rings. The molecule has 0 aliphatic carbocycles. The summed E-state index contributed by atoms with van der Waals surface area (Å²) in [6.45, 7) is 2.98. The van der Waals surface area contributed by atoms with E-state index in [0.717, 1.165) is 23.7 Å². The fourth-order valence-electron chi connectivity index (χ4n) is 4.31. The zero-order chi connectivity index (χ0) is 23.1. The molecule has 3 nitrogen and oxygen atoms in total. The zero-order valence-electron chi connectivity index (χ0n) is 18.7. The van der Waals surface area contributed by atoms with E-state index in [1.807, 2.05) is 18.2 Å². The lowest BCUT2D eigenvalue weighted by atomic mass is 10.1. The van der Waals surface area contributed by atoms with Gasteiger partial charge in [-0.05, 0) is 42.3 Å². The molecule has 166 valence electrons. The van der Waals surface area contributed by atoms with Crippen LogP contribution in [0.4, 0.5) is 11.4 Å². The largest absolute Gasteiger partial charge is 0.329 e. The van der Waals surface area contributed by atoms with Crippen molar-refractivity contribution in [2.24, 2.45) is 7.05 Å². The van der Waals surface area contributed by atoms with Crippen LogP contribution in [0.1, 0.15) is 11.9 Å². The van der Waals surface area contributed by atoms with Crippen LogP contribution in [0, 0.1) is 0 Å². The second-order valence-electron chi connectivity index (χ2n) is 7.99. The quantitative estimate of drug-likeness (QED) is 0.272. The van der Waals surface area contributed by atoms with E-state index in [1.54, 1.807) is 11.3 Å². The van der Waals surface area contributed by atoms with E-state index in [9.17, 15) is 0 Å². The molecule has 0 saturated carbocycles. The second-order valence-corrected chi connectivity index (χ2v) is 9.87. The number of allylic oxidation sites excluding steroid dienone is 2. The minimum absolute atomic E-state index is 0.572. The number of anilines is 2. The minimum Gasteiger partial charge on any atom is -0.329 e. The van der Waals surface area contributed by atoms with Gasteiger partial charge >= 0.3 is 0 Å². The number of aromatic nitrogens is 1. The van der Waals surface area contributed by atoms with Crippen LogP contribution < -0.4 is 14.4 Å². The molecule has 1 aromatic heterocycles. The van der Waals surface area contributed by atoms with Crippen molar-refractivity contribution in [3.63, 3.8) is 0 Å². The first-order valence-electron chi connectivity index (χ1n) is 10.8. The van der Waals surface area contributed by atoms with Crippen molar-refractivity contribution in [3.8, 4) is 11.1 Å². The number of nitrogens with zero attached hydrogens (tertiary/aromatic N) is 3. The first kappa shape index (κ1) is 22.0. The Morgan fingerprint density at radius 3 is 2.39 bits per heavy atom. The summed E-state index contributed by atoms with van der Waals surface area (Å²) < 4.78 is 3.53. The van der Waals surface area contributed by atoms with Gasteiger partial charge in [-0.25, -0.2) is 0 Å². The standard InChI is InChI=1S/C27H24Cl2N3S/c1-4-32-23-17-21(29)20(28)16-22(23)30(2)26(32)11-8-12-27-31(3)24-15-19(13-14-25(24)33-27)18-9-6-5-7-10-18/h5-17H,4H2,1-3H3/q+1. The number of aryl methyl sites for hydroxylation is 1. The first-order valence-corrected chi connectivity index (χ1v) is 12.4. The molecule has 0 unspecified atom stereocenters. The maximum absolute atomic E-state index is 6.29. The fourth-order valence-corrected chi connectivity index (χ4v) is 5.67. The summed E-state index contributed by atoms with van der Waals surface area (Å²) in [5, 5.41) is 2.34. The summed E-state index contributed by atoms with van der Waals surface area (Å²) in [6, 6.07) is 21.1.